The van der Waals surface area contributed by atoms with Gasteiger partial charge in [-0.15, -0.1) is 0 Å². The number of non-ortho nitro benzene ring substituents is 1. The lowest BCUT2D eigenvalue weighted by Gasteiger charge is -2.31. The minimum absolute atomic E-state index is 0.00295. The van der Waals surface area contributed by atoms with Crippen molar-refractivity contribution in [3.63, 3.8) is 0 Å². The van der Waals surface area contributed by atoms with E-state index in [2.05, 4.69) is 0 Å². The highest BCUT2D eigenvalue weighted by molar-refractivity contribution is 5.74. The van der Waals surface area contributed by atoms with Crippen molar-refractivity contribution in [3.8, 4) is 0 Å². The second-order valence-electron chi connectivity index (χ2n) is 4.19. The zero-order valence-electron chi connectivity index (χ0n) is 9.29. The Labute approximate surface area is 97.6 Å². The van der Waals surface area contributed by atoms with Gasteiger partial charge < -0.3 is 10.0 Å². The number of nitro groups is 1. The number of carbonyl (C=O) groups is 1. The zero-order valence-corrected chi connectivity index (χ0v) is 9.29. The average molecular weight is 236 g/mol. The lowest BCUT2D eigenvalue weighted by atomic mass is 9.92. The van der Waals surface area contributed by atoms with Crippen LogP contribution < -0.4 is 4.90 Å². The SMILES string of the molecule is CN1C[C@@H](C(=O)O)Cc2cc([N+](=O)[O-])ccc21. The molecule has 0 aromatic heterocycles. The number of hydrogen-bond acceptors (Lipinski definition) is 4. The Hall–Kier alpha value is -2.11. The molecule has 0 amide bonds. The van der Waals surface area contributed by atoms with Crippen LogP contribution in [0.1, 0.15) is 5.56 Å². The van der Waals surface area contributed by atoms with Gasteiger partial charge in [0.2, 0.25) is 0 Å². The van der Waals surface area contributed by atoms with Gasteiger partial charge in [0, 0.05) is 31.4 Å². The normalized spacial score (nSPS) is 18.6. The lowest BCUT2D eigenvalue weighted by Crippen LogP contribution is -2.36. The van der Waals surface area contributed by atoms with Crippen LogP contribution >= 0.6 is 0 Å². The molecule has 0 unspecified atom stereocenters. The molecule has 1 aromatic carbocycles. The highest BCUT2D eigenvalue weighted by Gasteiger charge is 2.28. The minimum Gasteiger partial charge on any atom is -0.481 e. The lowest BCUT2D eigenvalue weighted by molar-refractivity contribution is -0.384. The van der Waals surface area contributed by atoms with Crippen molar-refractivity contribution in [1.82, 2.24) is 0 Å². The maximum Gasteiger partial charge on any atom is 0.308 e. The fourth-order valence-electron chi connectivity index (χ4n) is 2.15. The predicted molar refractivity (Wildman–Crippen MR) is 61.2 cm³/mol. The van der Waals surface area contributed by atoms with E-state index in [1.54, 1.807) is 13.1 Å². The van der Waals surface area contributed by atoms with E-state index in [9.17, 15) is 14.9 Å². The van der Waals surface area contributed by atoms with Crippen molar-refractivity contribution in [2.75, 3.05) is 18.5 Å². The molecule has 6 heteroatoms. The topological polar surface area (TPSA) is 83.7 Å². The van der Waals surface area contributed by atoms with Crippen molar-refractivity contribution in [3.05, 3.63) is 33.9 Å². The van der Waals surface area contributed by atoms with Gasteiger partial charge in [-0.25, -0.2) is 0 Å². The number of nitrogens with zero attached hydrogens (tertiary/aromatic N) is 2. The molecule has 0 aliphatic carbocycles. The van der Waals surface area contributed by atoms with Crippen LogP contribution in [-0.4, -0.2) is 29.6 Å². The smallest absolute Gasteiger partial charge is 0.308 e. The first-order valence-corrected chi connectivity index (χ1v) is 5.20. The van der Waals surface area contributed by atoms with Gasteiger partial charge in [0.25, 0.3) is 5.69 Å². The fourth-order valence-corrected chi connectivity index (χ4v) is 2.15. The van der Waals surface area contributed by atoms with Gasteiger partial charge in [0.05, 0.1) is 10.8 Å². The molecule has 0 bridgehead atoms. The van der Waals surface area contributed by atoms with Gasteiger partial charge >= 0.3 is 5.97 Å². The molecule has 0 fully saturated rings. The molecule has 0 saturated heterocycles. The summed E-state index contributed by atoms with van der Waals surface area (Å²) in [6.45, 7) is 0.431. The van der Waals surface area contributed by atoms with E-state index in [0.29, 0.717) is 13.0 Å². The molecular formula is C11H12N2O4. The number of fused-ring (bicyclic) bond motifs is 1. The molecule has 17 heavy (non-hydrogen) atoms. The molecule has 0 saturated carbocycles. The van der Waals surface area contributed by atoms with E-state index >= 15 is 0 Å². The molecule has 1 atom stereocenters. The van der Waals surface area contributed by atoms with Crippen LogP contribution in [0.5, 0.6) is 0 Å². The summed E-state index contributed by atoms with van der Waals surface area (Å²) in [6, 6.07) is 4.57. The van der Waals surface area contributed by atoms with Crippen LogP contribution in [0.3, 0.4) is 0 Å². The highest BCUT2D eigenvalue weighted by Crippen LogP contribution is 2.31. The number of benzene rings is 1. The van der Waals surface area contributed by atoms with Crippen LogP contribution in [0.15, 0.2) is 18.2 Å². The summed E-state index contributed by atoms with van der Waals surface area (Å²) in [5, 5.41) is 19.7. The quantitative estimate of drug-likeness (QED) is 0.617. The Kier molecular flexibility index (Phi) is 2.71. The van der Waals surface area contributed by atoms with Crippen molar-refractivity contribution >= 4 is 17.3 Å². The van der Waals surface area contributed by atoms with E-state index in [1.165, 1.54) is 12.1 Å². The molecule has 1 aliphatic heterocycles. The minimum atomic E-state index is -0.867. The molecule has 0 radical (unpaired) electrons. The molecule has 90 valence electrons. The molecular weight excluding hydrogens is 224 g/mol. The third-order valence-electron chi connectivity index (χ3n) is 2.99. The second-order valence-corrected chi connectivity index (χ2v) is 4.19. The van der Waals surface area contributed by atoms with E-state index < -0.39 is 16.8 Å². The first-order valence-electron chi connectivity index (χ1n) is 5.20. The standard InChI is InChI=1S/C11H12N2O4/c1-12-6-8(11(14)15)4-7-5-9(13(16)17)2-3-10(7)12/h2-3,5,8H,4,6H2,1H3,(H,14,15)/t8-/m0/s1. The van der Waals surface area contributed by atoms with Gasteiger partial charge in [-0.2, -0.15) is 0 Å². The van der Waals surface area contributed by atoms with Crippen LogP contribution in [0, 0.1) is 16.0 Å². The number of hydrogen-bond donors (Lipinski definition) is 1. The molecule has 1 aromatic rings. The van der Waals surface area contributed by atoms with Gasteiger partial charge in [-0.05, 0) is 18.1 Å². The number of anilines is 1. The summed E-state index contributed by atoms with van der Waals surface area (Å²) in [7, 11) is 1.79. The first kappa shape index (κ1) is 11.4. The van der Waals surface area contributed by atoms with E-state index in [1.807, 2.05) is 4.90 Å². The maximum atomic E-state index is 11.0. The fraction of sp³-hybridized carbons (Fsp3) is 0.364. The Bertz CT molecular complexity index is 486. The number of aliphatic carboxylic acids is 1. The van der Waals surface area contributed by atoms with Gasteiger partial charge in [-0.3, -0.25) is 14.9 Å². The molecule has 1 aliphatic rings. The number of rotatable bonds is 2. The number of carboxylic acid groups (broad SMARTS) is 1. The van der Waals surface area contributed by atoms with Crippen LogP contribution in [0.4, 0.5) is 11.4 Å². The van der Waals surface area contributed by atoms with Crippen molar-refractivity contribution < 1.29 is 14.8 Å². The zero-order chi connectivity index (χ0) is 12.6. The Morgan fingerprint density at radius 2 is 2.29 bits per heavy atom. The van der Waals surface area contributed by atoms with E-state index in [4.69, 9.17) is 5.11 Å². The largest absolute Gasteiger partial charge is 0.481 e. The van der Waals surface area contributed by atoms with Gasteiger partial charge in [-0.1, -0.05) is 0 Å². The number of nitro benzene ring substituents is 1. The van der Waals surface area contributed by atoms with Crippen LogP contribution in [0.25, 0.3) is 0 Å². The molecule has 1 N–H and O–H groups in total. The summed E-state index contributed by atoms with van der Waals surface area (Å²) in [5.74, 6) is -1.37. The maximum absolute atomic E-state index is 11.0. The molecule has 0 spiro atoms. The molecule has 2 rings (SSSR count). The van der Waals surface area contributed by atoms with E-state index in [0.717, 1.165) is 11.3 Å². The number of carboxylic acids is 1. The summed E-state index contributed by atoms with van der Waals surface area (Å²) < 4.78 is 0. The second kappa shape index (κ2) is 4.04. The first-order chi connectivity index (χ1) is 7.99. The molecule has 1 heterocycles. The van der Waals surface area contributed by atoms with Crippen molar-refractivity contribution in [2.24, 2.45) is 5.92 Å². The van der Waals surface area contributed by atoms with Crippen LogP contribution in [0.2, 0.25) is 0 Å². The van der Waals surface area contributed by atoms with E-state index in [-0.39, 0.29) is 5.69 Å². The van der Waals surface area contributed by atoms with Crippen LogP contribution in [-0.2, 0) is 11.2 Å². The van der Waals surface area contributed by atoms with Crippen molar-refractivity contribution in [2.45, 2.75) is 6.42 Å². The summed E-state index contributed by atoms with van der Waals surface area (Å²) in [5.41, 5.74) is 1.59. The van der Waals surface area contributed by atoms with Gasteiger partial charge in [0.15, 0.2) is 0 Å². The Morgan fingerprint density at radius 1 is 1.59 bits per heavy atom. The Balaban J connectivity index is 2.40. The average Bonchev–Trinajstić information content (AvgIpc) is 2.27. The molecule has 6 nitrogen and oxygen atoms in total. The third kappa shape index (κ3) is 2.06. The summed E-state index contributed by atoms with van der Waals surface area (Å²) in [6.07, 6.45) is 0.344. The summed E-state index contributed by atoms with van der Waals surface area (Å²) >= 11 is 0. The highest BCUT2D eigenvalue weighted by atomic mass is 16.6. The van der Waals surface area contributed by atoms with Crippen molar-refractivity contribution in [1.29, 1.82) is 0 Å². The van der Waals surface area contributed by atoms with Gasteiger partial charge in [0.1, 0.15) is 0 Å². The summed E-state index contributed by atoms with van der Waals surface area (Å²) in [4.78, 5) is 23.0. The predicted octanol–water partition coefficient (Wildman–Crippen LogP) is 1.29. The Morgan fingerprint density at radius 3 is 2.88 bits per heavy atom. The third-order valence-corrected chi connectivity index (χ3v) is 2.99. The monoisotopic (exact) mass is 236 g/mol.